The lowest BCUT2D eigenvalue weighted by atomic mass is 9.71. The first kappa shape index (κ1) is 97.2. The molecular weight excluding hydrogens is 1700 g/mol. The number of hydrogen-bond acceptors (Lipinski definition) is 11. The molecule has 0 aliphatic heterocycles. The molecule has 0 bridgehead atoms. The number of amides is 4. The van der Waals surface area contributed by atoms with Crippen molar-refractivity contribution >= 4 is 82.2 Å². The molecule has 1 aliphatic carbocycles. The molecule has 4 amide bonds. The fraction of sp³-hybridized carbons (Fsp3) is 0.355. The van der Waals surface area contributed by atoms with Crippen LogP contribution in [0, 0.1) is 51.3 Å². The van der Waals surface area contributed by atoms with Crippen molar-refractivity contribution in [3.05, 3.63) is 324 Å². The molecule has 19 nitrogen and oxygen atoms in total. The molecule has 0 spiro atoms. The molecule has 1 fully saturated rings. The monoisotopic (exact) mass is 1820 g/mol. The summed E-state index contributed by atoms with van der Waals surface area (Å²) >= 11 is 1.61. The third kappa shape index (κ3) is 25.5. The number of rotatable bonds is 31. The summed E-state index contributed by atoms with van der Waals surface area (Å²) in [5.74, 6) is 0.660. The smallest absolute Gasteiger partial charge is 0.315 e. The van der Waals surface area contributed by atoms with Gasteiger partial charge >= 0.3 is 12.1 Å². The highest BCUT2D eigenvalue weighted by molar-refractivity contribution is 7.89. The van der Waals surface area contributed by atoms with Gasteiger partial charge in [0.2, 0.25) is 10.0 Å². The highest BCUT2D eigenvalue weighted by atomic mass is 32.2. The van der Waals surface area contributed by atoms with Crippen LogP contribution in [0.2, 0.25) is 0 Å². The van der Waals surface area contributed by atoms with Gasteiger partial charge in [0, 0.05) is 82.2 Å². The summed E-state index contributed by atoms with van der Waals surface area (Å²) in [7, 11) is -3.29. The van der Waals surface area contributed by atoms with Gasteiger partial charge in [-0.3, -0.25) is 0 Å². The fourth-order valence-electron chi connectivity index (χ4n) is 17.6. The van der Waals surface area contributed by atoms with E-state index >= 15 is 0 Å². The second-order valence-electron chi connectivity index (χ2n) is 38.8. The van der Waals surface area contributed by atoms with Gasteiger partial charge in [-0.05, 0) is 287 Å². The lowest BCUT2D eigenvalue weighted by Gasteiger charge is -2.36. The fourth-order valence-corrected chi connectivity index (χ4v) is 18.8. The van der Waals surface area contributed by atoms with E-state index in [1.165, 1.54) is 83.6 Å². The zero-order chi connectivity index (χ0) is 94.3. The van der Waals surface area contributed by atoms with Gasteiger partial charge in [-0.1, -0.05) is 166 Å². The number of aromatic nitrogens is 9. The highest BCUT2D eigenvalue weighted by Crippen LogP contribution is 2.48. The van der Waals surface area contributed by atoms with Gasteiger partial charge < -0.3 is 26.6 Å². The summed E-state index contributed by atoms with van der Waals surface area (Å²) in [6.07, 6.45) is 16.8. The Bertz CT molecular complexity index is 6420. The number of carbonyl (C=O) groups excluding carboxylic acids is 2. The number of thiazole rings is 1. The summed E-state index contributed by atoms with van der Waals surface area (Å²) in [4.78, 5) is 29.0. The van der Waals surface area contributed by atoms with Crippen molar-refractivity contribution in [3.8, 4) is 22.7 Å². The van der Waals surface area contributed by atoms with Crippen LogP contribution in [0.1, 0.15) is 206 Å². The van der Waals surface area contributed by atoms with Crippen LogP contribution in [0.5, 0.6) is 0 Å². The average molecular weight is 1830 g/mol. The van der Waals surface area contributed by atoms with Crippen molar-refractivity contribution in [2.75, 3.05) is 37.2 Å². The standard InChI is InChI=1S/C27H35FN4O.C27H25FN4S.C27H30FN3O2S.C26H35FN4O/c1-26(2,3)31-25(33)29-17-27(4,5)23(14-18-6-7-18)19-8-13-24-20(15-19)16-30-32(24)22-11-9-21(28)10-12-22;1-27(2,18-30-26-29-14-15-33-26)25(19-6-4-3-5-7-19)20-8-13-24-21(16-20)17-31-32(24)23-11-9-22(28)10-12-23;1-3-8-22(19-30-34(32,33)4-2)27(20-9-6-5-7-10-20)21-11-16-26-23(17-21)18-29-31(26)25-14-12-24(28)13-15-25;1-7-8-22(26(5,6)17-28-24(32)30-25(2,3)4)18-9-14-23-19(15-18)16-29-31(23)21-12-10-20(27)11-13-21/h8-13,15-16,18,23H,6-7,14,17H2,1-5H3,(H2,29,31,33);3-17,25H,18H2,1-2H3,(H,29,30);5-7,9-18,22,27,30H,3-4,8,19H2,1-2H3;9-16,22H,7-8,17H2,1-6H3,(H2,28,30,32). The van der Waals surface area contributed by atoms with Crippen LogP contribution in [0.4, 0.5) is 32.3 Å². The van der Waals surface area contributed by atoms with Crippen LogP contribution < -0.4 is 31.3 Å². The first-order chi connectivity index (χ1) is 62.9. The maximum atomic E-state index is 13.4. The number of fused-ring (bicyclic) bond motifs is 4. The Morgan fingerprint density at radius 3 is 1.18 bits per heavy atom. The van der Waals surface area contributed by atoms with Gasteiger partial charge in [0.1, 0.15) is 23.3 Å². The number of carbonyl (C=O) groups is 2. The molecule has 5 heterocycles. The number of hydrogen-bond donors (Lipinski definition) is 6. The van der Waals surface area contributed by atoms with Crippen molar-refractivity contribution < 1.29 is 35.6 Å². The summed E-state index contributed by atoms with van der Waals surface area (Å²) in [5, 5.41) is 40.9. The number of anilines is 1. The minimum absolute atomic E-state index is 0.0271. The van der Waals surface area contributed by atoms with Crippen LogP contribution in [0.25, 0.3) is 66.4 Å². The van der Waals surface area contributed by atoms with Gasteiger partial charge in [0.15, 0.2) is 5.13 Å². The molecule has 25 heteroatoms. The topological polar surface area (TPSA) is 225 Å². The van der Waals surface area contributed by atoms with Crippen LogP contribution in [0.15, 0.2) is 267 Å². The number of urea groups is 2. The molecule has 0 saturated heterocycles. The Kier molecular flexibility index (Phi) is 31.3. The van der Waals surface area contributed by atoms with E-state index in [1.54, 1.807) is 71.5 Å². The van der Waals surface area contributed by atoms with Crippen LogP contribution in [-0.2, 0) is 10.0 Å². The summed E-state index contributed by atoms with van der Waals surface area (Å²) < 4.78 is 87.9. The van der Waals surface area contributed by atoms with Crippen molar-refractivity contribution in [2.24, 2.45) is 28.1 Å². The number of nitrogens with one attached hydrogen (secondary N) is 6. The predicted octanol–water partition coefficient (Wildman–Crippen LogP) is 24.9. The minimum Gasteiger partial charge on any atom is -0.361 e. The molecule has 5 aromatic heterocycles. The van der Waals surface area contributed by atoms with E-state index < -0.39 is 10.0 Å². The van der Waals surface area contributed by atoms with Gasteiger partial charge in [0.25, 0.3) is 0 Å². The zero-order valence-corrected chi connectivity index (χ0v) is 80.0. The molecule has 6 N–H and O–H groups in total. The van der Waals surface area contributed by atoms with Crippen LogP contribution in [-0.4, -0.2) is 108 Å². The van der Waals surface area contributed by atoms with Crippen LogP contribution >= 0.6 is 11.3 Å². The van der Waals surface area contributed by atoms with Crippen molar-refractivity contribution in [3.63, 3.8) is 0 Å². The van der Waals surface area contributed by atoms with Crippen molar-refractivity contribution in [1.29, 1.82) is 0 Å². The molecule has 10 aromatic carbocycles. The van der Waals surface area contributed by atoms with Gasteiger partial charge in [-0.25, -0.2) is 64.0 Å². The van der Waals surface area contributed by atoms with Crippen molar-refractivity contribution in [2.45, 2.75) is 184 Å². The van der Waals surface area contributed by atoms with E-state index in [9.17, 15) is 35.6 Å². The third-order valence-electron chi connectivity index (χ3n) is 24.5. The summed E-state index contributed by atoms with van der Waals surface area (Å²) in [6.45, 7) is 33.6. The Morgan fingerprint density at radius 1 is 0.432 bits per heavy atom. The molecule has 132 heavy (non-hydrogen) atoms. The second kappa shape index (κ2) is 42.5. The van der Waals surface area contributed by atoms with Gasteiger partial charge in [-0.2, -0.15) is 20.4 Å². The molecule has 1 saturated carbocycles. The van der Waals surface area contributed by atoms with Gasteiger partial charge in [0.05, 0.1) is 75.4 Å². The maximum Gasteiger partial charge on any atom is 0.315 e. The Hall–Kier alpha value is -12.3. The summed E-state index contributed by atoms with van der Waals surface area (Å²) in [6, 6.07) is 71.8. The second-order valence-corrected chi connectivity index (χ2v) is 41.8. The van der Waals surface area contributed by atoms with E-state index in [0.717, 1.165) is 127 Å². The van der Waals surface area contributed by atoms with Gasteiger partial charge in [-0.15, -0.1) is 11.3 Å². The molecule has 1 aliphatic rings. The lowest BCUT2D eigenvalue weighted by molar-refractivity contribution is 0.214. The zero-order valence-electron chi connectivity index (χ0n) is 78.3. The number of halogens is 4. The SMILES string of the molecule is CC(C)(C)NC(=O)NCC(C)(C)C(CC1CC1)c1ccc2c(cnn2-c2ccc(F)cc2)c1.CC(C)(CNc1nccs1)C(c1ccccc1)c1ccc2c(cnn2-c2ccc(F)cc2)c1.CCCC(CNS(=O)(=O)CC)C(c1ccccc1)c1ccc2c(cnn2-c2ccc(F)cc2)c1.CCCC(c1ccc2c(cnn2-c2ccc(F)cc2)c1)C(C)(C)CNC(=O)NC(C)(C)C. The molecule has 0 radical (unpaired) electrons. The molecule has 692 valence electrons. The quantitative estimate of drug-likeness (QED) is 0.0225. The minimum atomic E-state index is -3.29. The maximum absolute atomic E-state index is 13.4. The molecular formula is C107H125F4N15O4S2. The Morgan fingerprint density at radius 2 is 0.803 bits per heavy atom. The largest absolute Gasteiger partial charge is 0.361 e. The first-order valence-electron chi connectivity index (χ1n) is 45.7. The summed E-state index contributed by atoms with van der Waals surface area (Å²) in [5.41, 5.74) is 13.6. The number of nitrogens with zero attached hydrogens (tertiary/aromatic N) is 9. The number of sulfonamides is 1. The Labute approximate surface area is 778 Å². The average Bonchev–Trinajstić information content (AvgIpc) is 1.50. The van der Waals surface area contributed by atoms with E-state index in [4.69, 9.17) is 0 Å². The van der Waals surface area contributed by atoms with E-state index in [-0.39, 0.29) is 92.1 Å². The molecule has 16 rings (SSSR count). The normalized spacial score (nSPS) is 13.8. The first-order valence-corrected chi connectivity index (χ1v) is 48.2. The molecule has 15 aromatic rings. The number of benzene rings is 10. The van der Waals surface area contributed by atoms with E-state index in [1.807, 2.05) is 116 Å². The van der Waals surface area contributed by atoms with E-state index in [2.05, 4.69) is 221 Å². The lowest BCUT2D eigenvalue weighted by Crippen LogP contribution is -2.49. The van der Waals surface area contributed by atoms with Crippen LogP contribution in [0.3, 0.4) is 0 Å². The highest BCUT2D eigenvalue weighted by Gasteiger charge is 2.38. The predicted molar refractivity (Wildman–Crippen MR) is 529 cm³/mol. The third-order valence-corrected chi connectivity index (χ3v) is 26.6. The van der Waals surface area contributed by atoms with E-state index in [0.29, 0.717) is 25.6 Å². The Balaban J connectivity index is 0.000000150. The molecule has 5 unspecified atom stereocenters. The molecule has 5 atom stereocenters. The van der Waals surface area contributed by atoms with Crippen molar-refractivity contribution in [1.82, 2.24) is 70.1 Å².